The number of alkyl halides is 3. The molecule has 6 heteroatoms. The van der Waals surface area contributed by atoms with Gasteiger partial charge in [0.25, 0.3) is 0 Å². The van der Waals surface area contributed by atoms with Crippen LogP contribution in [0.5, 0.6) is 0 Å². The Balaban J connectivity index is 2.03. The standard InChI is InChI=1S/C13H14F4N2/c14-12-9(2-1-3-11(12)18)8-19-6-4-10(5-7-19)13(15,16)17/h1-4H,5-8,18H2. The lowest BCUT2D eigenvalue weighted by atomic mass is 10.1. The first-order valence-electron chi connectivity index (χ1n) is 5.89. The van der Waals surface area contributed by atoms with Gasteiger partial charge in [0.15, 0.2) is 5.82 Å². The summed E-state index contributed by atoms with van der Waals surface area (Å²) < 4.78 is 51.0. The van der Waals surface area contributed by atoms with Crippen LogP contribution in [-0.4, -0.2) is 24.2 Å². The minimum atomic E-state index is -4.26. The van der Waals surface area contributed by atoms with E-state index in [1.54, 1.807) is 17.0 Å². The van der Waals surface area contributed by atoms with Crippen LogP contribution >= 0.6 is 0 Å². The lowest BCUT2D eigenvalue weighted by Crippen LogP contribution is -2.31. The molecule has 1 aliphatic rings. The minimum absolute atomic E-state index is 0.0565. The third-order valence-corrected chi connectivity index (χ3v) is 3.16. The summed E-state index contributed by atoms with van der Waals surface area (Å²) in [6.45, 7) is 0.696. The van der Waals surface area contributed by atoms with Gasteiger partial charge < -0.3 is 5.73 Å². The highest BCUT2D eigenvalue weighted by atomic mass is 19.4. The molecule has 0 spiro atoms. The van der Waals surface area contributed by atoms with Gasteiger partial charge in [-0.25, -0.2) is 4.39 Å². The Morgan fingerprint density at radius 3 is 2.58 bits per heavy atom. The first-order chi connectivity index (χ1) is 8.88. The molecule has 104 valence electrons. The molecule has 1 aliphatic heterocycles. The Bertz CT molecular complexity index is 494. The second kappa shape index (κ2) is 5.21. The number of hydrogen-bond donors (Lipinski definition) is 1. The molecule has 2 nitrogen and oxygen atoms in total. The first-order valence-corrected chi connectivity index (χ1v) is 5.89. The van der Waals surface area contributed by atoms with Gasteiger partial charge in [0, 0.05) is 30.8 Å². The van der Waals surface area contributed by atoms with E-state index in [1.807, 2.05) is 0 Å². The summed E-state index contributed by atoms with van der Waals surface area (Å²) in [5, 5.41) is 0. The van der Waals surface area contributed by atoms with Crippen LogP contribution in [0.25, 0.3) is 0 Å². The monoisotopic (exact) mass is 274 g/mol. The summed E-state index contributed by atoms with van der Waals surface area (Å²) in [5.74, 6) is -0.493. The predicted octanol–water partition coefficient (Wildman–Crippen LogP) is 3.10. The van der Waals surface area contributed by atoms with Gasteiger partial charge in [-0.3, -0.25) is 4.90 Å². The van der Waals surface area contributed by atoms with Crippen molar-refractivity contribution in [1.82, 2.24) is 4.90 Å². The quantitative estimate of drug-likeness (QED) is 0.510. The molecular weight excluding hydrogens is 260 g/mol. The van der Waals surface area contributed by atoms with Crippen molar-refractivity contribution in [2.75, 3.05) is 18.8 Å². The van der Waals surface area contributed by atoms with E-state index < -0.39 is 17.6 Å². The van der Waals surface area contributed by atoms with Crippen molar-refractivity contribution >= 4 is 5.69 Å². The van der Waals surface area contributed by atoms with Gasteiger partial charge in [0.1, 0.15) is 0 Å². The van der Waals surface area contributed by atoms with Crippen LogP contribution in [0.3, 0.4) is 0 Å². The lowest BCUT2D eigenvalue weighted by molar-refractivity contribution is -0.0960. The molecule has 0 amide bonds. The van der Waals surface area contributed by atoms with Gasteiger partial charge in [0.05, 0.1) is 5.69 Å². The maximum Gasteiger partial charge on any atom is 0.412 e. The summed E-state index contributed by atoms with van der Waals surface area (Å²) >= 11 is 0. The first kappa shape index (κ1) is 13.9. The molecule has 0 saturated carbocycles. The molecule has 1 aromatic carbocycles. The topological polar surface area (TPSA) is 29.3 Å². The maximum absolute atomic E-state index is 13.7. The van der Waals surface area contributed by atoms with Crippen LogP contribution in [0, 0.1) is 5.82 Å². The summed E-state index contributed by atoms with van der Waals surface area (Å²) in [6, 6.07) is 4.68. The van der Waals surface area contributed by atoms with Crippen LogP contribution in [0.15, 0.2) is 29.8 Å². The average Bonchev–Trinajstić information content (AvgIpc) is 2.35. The van der Waals surface area contributed by atoms with Crippen molar-refractivity contribution in [3.63, 3.8) is 0 Å². The molecular formula is C13H14F4N2. The molecule has 0 unspecified atom stereocenters. The number of nitrogens with two attached hydrogens (primary N) is 1. The fraction of sp³-hybridized carbons (Fsp3) is 0.385. The predicted molar refractivity (Wildman–Crippen MR) is 64.8 cm³/mol. The zero-order chi connectivity index (χ0) is 14.0. The van der Waals surface area contributed by atoms with Gasteiger partial charge in [0.2, 0.25) is 0 Å². The third kappa shape index (κ3) is 3.26. The Morgan fingerprint density at radius 2 is 2.00 bits per heavy atom. The van der Waals surface area contributed by atoms with E-state index in [9.17, 15) is 17.6 Å². The molecule has 0 aromatic heterocycles. The second-order valence-corrected chi connectivity index (χ2v) is 4.53. The van der Waals surface area contributed by atoms with Crippen LogP contribution in [0.2, 0.25) is 0 Å². The summed E-state index contributed by atoms with van der Waals surface area (Å²) in [7, 11) is 0. The molecule has 0 bridgehead atoms. The van der Waals surface area contributed by atoms with E-state index in [2.05, 4.69) is 0 Å². The molecule has 0 saturated heterocycles. The number of rotatable bonds is 2. The zero-order valence-electron chi connectivity index (χ0n) is 10.2. The van der Waals surface area contributed by atoms with Gasteiger partial charge in [-0.05, 0) is 12.5 Å². The number of benzene rings is 1. The van der Waals surface area contributed by atoms with Crippen molar-refractivity contribution in [1.29, 1.82) is 0 Å². The van der Waals surface area contributed by atoms with E-state index in [1.165, 1.54) is 6.07 Å². The van der Waals surface area contributed by atoms with Crippen molar-refractivity contribution < 1.29 is 17.6 Å². The second-order valence-electron chi connectivity index (χ2n) is 4.53. The fourth-order valence-electron chi connectivity index (χ4n) is 2.07. The van der Waals surface area contributed by atoms with Crippen LogP contribution in [0.1, 0.15) is 12.0 Å². The number of halogens is 4. The largest absolute Gasteiger partial charge is 0.412 e. The van der Waals surface area contributed by atoms with Gasteiger partial charge in [-0.2, -0.15) is 13.2 Å². The highest BCUT2D eigenvalue weighted by Crippen LogP contribution is 2.30. The maximum atomic E-state index is 13.7. The van der Waals surface area contributed by atoms with Crippen LogP contribution < -0.4 is 5.73 Å². The van der Waals surface area contributed by atoms with E-state index in [0.717, 1.165) is 6.08 Å². The number of nitrogens with zero attached hydrogens (tertiary/aromatic N) is 1. The Hall–Kier alpha value is -1.56. The van der Waals surface area contributed by atoms with Crippen LogP contribution in [-0.2, 0) is 6.54 Å². The Labute approximate surface area is 108 Å². The van der Waals surface area contributed by atoms with Gasteiger partial charge in [-0.15, -0.1) is 0 Å². The molecule has 2 N–H and O–H groups in total. The molecule has 1 aromatic rings. The summed E-state index contributed by atoms with van der Waals surface area (Å²) in [5.41, 5.74) is 5.41. The Kier molecular flexibility index (Phi) is 3.80. The molecule has 0 atom stereocenters. The van der Waals surface area contributed by atoms with Gasteiger partial charge >= 0.3 is 6.18 Å². The van der Waals surface area contributed by atoms with E-state index in [-0.39, 0.29) is 31.7 Å². The third-order valence-electron chi connectivity index (χ3n) is 3.16. The number of hydrogen-bond acceptors (Lipinski definition) is 2. The fourth-order valence-corrected chi connectivity index (χ4v) is 2.07. The van der Waals surface area contributed by atoms with E-state index in [0.29, 0.717) is 5.56 Å². The molecule has 19 heavy (non-hydrogen) atoms. The summed E-state index contributed by atoms with van der Waals surface area (Å²) in [4.78, 5) is 1.76. The van der Waals surface area contributed by atoms with E-state index >= 15 is 0 Å². The smallest absolute Gasteiger partial charge is 0.396 e. The van der Waals surface area contributed by atoms with Crippen molar-refractivity contribution in [3.05, 3.63) is 41.2 Å². The number of anilines is 1. The average molecular weight is 274 g/mol. The molecule has 0 radical (unpaired) electrons. The highest BCUT2D eigenvalue weighted by molar-refractivity contribution is 5.42. The van der Waals surface area contributed by atoms with Gasteiger partial charge in [-0.1, -0.05) is 18.2 Å². The summed E-state index contributed by atoms with van der Waals surface area (Å²) in [6.07, 6.45) is -3.16. The normalized spacial score (nSPS) is 17.4. The molecule has 0 aliphatic carbocycles. The van der Waals surface area contributed by atoms with Crippen molar-refractivity contribution in [2.24, 2.45) is 0 Å². The lowest BCUT2D eigenvalue weighted by Gasteiger charge is -2.27. The van der Waals surface area contributed by atoms with Crippen molar-refractivity contribution in [3.8, 4) is 0 Å². The highest BCUT2D eigenvalue weighted by Gasteiger charge is 2.34. The van der Waals surface area contributed by atoms with E-state index in [4.69, 9.17) is 5.73 Å². The SMILES string of the molecule is Nc1cccc(CN2CC=C(C(F)(F)F)CC2)c1F. The molecule has 0 fully saturated rings. The van der Waals surface area contributed by atoms with Crippen LogP contribution in [0.4, 0.5) is 23.2 Å². The Morgan fingerprint density at radius 1 is 1.26 bits per heavy atom. The molecule has 2 rings (SSSR count). The number of nitrogen functional groups attached to an aromatic ring is 1. The minimum Gasteiger partial charge on any atom is -0.396 e. The van der Waals surface area contributed by atoms with Crippen molar-refractivity contribution in [2.45, 2.75) is 19.1 Å². The molecule has 1 heterocycles. The zero-order valence-corrected chi connectivity index (χ0v) is 10.2.